The van der Waals surface area contributed by atoms with Gasteiger partial charge in [-0.1, -0.05) is 18.2 Å². The SMILES string of the molecule is Cc1nc(C)c(C)c(N(C)Cc2cnn(-c3ccccc3)c2)n1. The van der Waals surface area contributed by atoms with Crippen molar-refractivity contribution in [1.82, 2.24) is 19.7 Å². The summed E-state index contributed by atoms with van der Waals surface area (Å²) in [6, 6.07) is 10.1. The molecule has 0 saturated heterocycles. The van der Waals surface area contributed by atoms with Crippen LogP contribution in [0.3, 0.4) is 0 Å². The van der Waals surface area contributed by atoms with Crippen LogP contribution in [-0.4, -0.2) is 26.8 Å². The quantitative estimate of drug-likeness (QED) is 0.742. The number of aryl methyl sites for hydroxylation is 2. The molecule has 1 aromatic carbocycles. The molecule has 5 nitrogen and oxygen atoms in total. The van der Waals surface area contributed by atoms with Crippen molar-refractivity contribution >= 4 is 5.82 Å². The highest BCUT2D eigenvalue weighted by Crippen LogP contribution is 2.20. The number of aromatic nitrogens is 4. The summed E-state index contributed by atoms with van der Waals surface area (Å²) in [5.74, 6) is 1.78. The van der Waals surface area contributed by atoms with Gasteiger partial charge in [0.15, 0.2) is 0 Å². The van der Waals surface area contributed by atoms with Crippen LogP contribution in [-0.2, 0) is 6.54 Å². The van der Waals surface area contributed by atoms with E-state index < -0.39 is 0 Å². The highest BCUT2D eigenvalue weighted by molar-refractivity contribution is 5.48. The van der Waals surface area contributed by atoms with Crippen LogP contribution in [0.4, 0.5) is 5.82 Å². The minimum absolute atomic E-state index is 0.754. The monoisotopic (exact) mass is 307 g/mol. The standard InChI is InChI=1S/C18H21N5/c1-13-14(2)20-15(3)21-18(13)22(4)11-16-10-19-23(12-16)17-8-6-5-7-9-17/h5-10,12H,11H2,1-4H3. The first-order valence-electron chi connectivity index (χ1n) is 7.66. The number of benzene rings is 1. The lowest BCUT2D eigenvalue weighted by atomic mass is 10.2. The van der Waals surface area contributed by atoms with Gasteiger partial charge in [-0.05, 0) is 32.9 Å². The summed E-state index contributed by atoms with van der Waals surface area (Å²) in [5, 5.41) is 4.45. The van der Waals surface area contributed by atoms with Crippen LogP contribution < -0.4 is 4.90 Å². The van der Waals surface area contributed by atoms with Gasteiger partial charge in [0.25, 0.3) is 0 Å². The molecular formula is C18H21N5. The topological polar surface area (TPSA) is 46.8 Å². The van der Waals surface area contributed by atoms with Crippen molar-refractivity contribution in [1.29, 1.82) is 0 Å². The molecule has 0 saturated carbocycles. The van der Waals surface area contributed by atoms with Gasteiger partial charge in [0.2, 0.25) is 0 Å². The molecule has 2 aromatic heterocycles. The predicted octanol–water partition coefficient (Wildman–Crippen LogP) is 3.22. The van der Waals surface area contributed by atoms with Gasteiger partial charge in [0.1, 0.15) is 11.6 Å². The molecule has 0 bridgehead atoms. The van der Waals surface area contributed by atoms with E-state index in [1.807, 2.05) is 62.1 Å². The molecule has 118 valence electrons. The van der Waals surface area contributed by atoms with Crippen LogP contribution in [0.5, 0.6) is 0 Å². The van der Waals surface area contributed by atoms with Gasteiger partial charge >= 0.3 is 0 Å². The van der Waals surface area contributed by atoms with Gasteiger partial charge in [-0.25, -0.2) is 14.6 Å². The first kappa shape index (κ1) is 15.2. The third-order valence-electron chi connectivity index (χ3n) is 3.91. The van der Waals surface area contributed by atoms with Gasteiger partial charge in [0, 0.05) is 36.6 Å². The molecule has 0 aliphatic carbocycles. The summed E-state index contributed by atoms with van der Waals surface area (Å²) in [6.07, 6.45) is 3.96. The van der Waals surface area contributed by atoms with E-state index in [-0.39, 0.29) is 0 Å². The van der Waals surface area contributed by atoms with Crippen molar-refractivity contribution in [2.24, 2.45) is 0 Å². The second-order valence-corrected chi connectivity index (χ2v) is 5.79. The van der Waals surface area contributed by atoms with Crippen LogP contribution in [0.15, 0.2) is 42.7 Å². The Morgan fingerprint density at radius 2 is 1.78 bits per heavy atom. The zero-order chi connectivity index (χ0) is 16.4. The lowest BCUT2D eigenvalue weighted by Crippen LogP contribution is -2.20. The molecule has 23 heavy (non-hydrogen) atoms. The van der Waals surface area contributed by atoms with Crippen LogP contribution in [0.25, 0.3) is 5.69 Å². The molecule has 0 amide bonds. The molecule has 0 N–H and O–H groups in total. The number of hydrogen-bond donors (Lipinski definition) is 0. The molecule has 0 aliphatic rings. The van der Waals surface area contributed by atoms with Crippen LogP contribution >= 0.6 is 0 Å². The largest absolute Gasteiger partial charge is 0.355 e. The Morgan fingerprint density at radius 1 is 1.04 bits per heavy atom. The van der Waals surface area contributed by atoms with Gasteiger partial charge in [-0.2, -0.15) is 5.10 Å². The molecule has 2 heterocycles. The fourth-order valence-electron chi connectivity index (χ4n) is 2.63. The van der Waals surface area contributed by atoms with E-state index in [1.165, 1.54) is 0 Å². The summed E-state index contributed by atoms with van der Waals surface area (Å²) >= 11 is 0. The Balaban J connectivity index is 1.82. The summed E-state index contributed by atoms with van der Waals surface area (Å²) in [7, 11) is 2.05. The zero-order valence-electron chi connectivity index (χ0n) is 14.0. The maximum absolute atomic E-state index is 4.58. The maximum Gasteiger partial charge on any atom is 0.135 e. The fourth-order valence-corrected chi connectivity index (χ4v) is 2.63. The number of nitrogens with zero attached hydrogens (tertiary/aromatic N) is 5. The van der Waals surface area contributed by atoms with E-state index in [1.54, 1.807) is 0 Å². The van der Waals surface area contributed by atoms with Gasteiger partial charge in [-0.15, -0.1) is 0 Å². The summed E-state index contributed by atoms with van der Waals surface area (Å²) in [5.41, 5.74) is 4.35. The molecule has 0 atom stereocenters. The van der Waals surface area contributed by atoms with E-state index in [4.69, 9.17) is 0 Å². The smallest absolute Gasteiger partial charge is 0.135 e. The van der Waals surface area contributed by atoms with Crippen molar-refractivity contribution in [3.05, 3.63) is 65.4 Å². The first-order chi connectivity index (χ1) is 11.0. The van der Waals surface area contributed by atoms with Crippen LogP contribution in [0.2, 0.25) is 0 Å². The minimum Gasteiger partial charge on any atom is -0.355 e. The van der Waals surface area contributed by atoms with Crippen molar-refractivity contribution < 1.29 is 0 Å². The second-order valence-electron chi connectivity index (χ2n) is 5.79. The molecule has 0 radical (unpaired) electrons. The number of anilines is 1. The Kier molecular flexibility index (Phi) is 4.10. The van der Waals surface area contributed by atoms with Crippen molar-refractivity contribution in [3.63, 3.8) is 0 Å². The van der Waals surface area contributed by atoms with Crippen LogP contribution in [0.1, 0.15) is 22.6 Å². The third-order valence-corrected chi connectivity index (χ3v) is 3.91. The average molecular weight is 307 g/mol. The van der Waals surface area contributed by atoms with E-state index in [0.29, 0.717) is 0 Å². The summed E-state index contributed by atoms with van der Waals surface area (Å²) in [4.78, 5) is 11.1. The molecule has 3 aromatic rings. The second kappa shape index (κ2) is 6.20. The Hall–Kier alpha value is -2.69. The lowest BCUT2D eigenvalue weighted by Gasteiger charge is -2.20. The normalized spacial score (nSPS) is 10.8. The molecule has 0 spiro atoms. The fraction of sp³-hybridized carbons (Fsp3) is 0.278. The third kappa shape index (κ3) is 3.23. The molecule has 0 unspecified atom stereocenters. The zero-order valence-corrected chi connectivity index (χ0v) is 14.0. The highest BCUT2D eigenvalue weighted by Gasteiger charge is 2.12. The van der Waals surface area contributed by atoms with E-state index in [2.05, 4.69) is 33.1 Å². The van der Waals surface area contributed by atoms with Crippen molar-refractivity contribution in [3.8, 4) is 5.69 Å². The number of para-hydroxylation sites is 1. The molecular weight excluding hydrogens is 286 g/mol. The van der Waals surface area contributed by atoms with Gasteiger partial charge < -0.3 is 4.90 Å². The lowest BCUT2D eigenvalue weighted by molar-refractivity contribution is 0.857. The maximum atomic E-state index is 4.58. The van der Waals surface area contributed by atoms with Gasteiger partial charge in [0.05, 0.1) is 11.9 Å². The average Bonchev–Trinajstić information content (AvgIpc) is 3.00. The first-order valence-corrected chi connectivity index (χ1v) is 7.66. The summed E-state index contributed by atoms with van der Waals surface area (Å²) < 4.78 is 1.90. The molecule has 5 heteroatoms. The highest BCUT2D eigenvalue weighted by atomic mass is 15.3. The van der Waals surface area contributed by atoms with E-state index in [0.717, 1.165) is 40.7 Å². The minimum atomic E-state index is 0.754. The van der Waals surface area contributed by atoms with Crippen LogP contribution in [0, 0.1) is 20.8 Å². The number of rotatable bonds is 4. The molecule has 3 rings (SSSR count). The van der Waals surface area contributed by atoms with Gasteiger partial charge in [-0.3, -0.25) is 0 Å². The van der Waals surface area contributed by atoms with E-state index in [9.17, 15) is 0 Å². The predicted molar refractivity (Wildman–Crippen MR) is 91.9 cm³/mol. The molecule has 0 aliphatic heterocycles. The van der Waals surface area contributed by atoms with Crippen molar-refractivity contribution in [2.45, 2.75) is 27.3 Å². The summed E-state index contributed by atoms with van der Waals surface area (Å²) in [6.45, 7) is 6.77. The molecule has 0 fully saturated rings. The Bertz CT molecular complexity index is 808. The van der Waals surface area contributed by atoms with Crippen molar-refractivity contribution in [2.75, 3.05) is 11.9 Å². The Labute approximate surface area is 136 Å². The Morgan fingerprint density at radius 3 is 2.52 bits per heavy atom. The number of hydrogen-bond acceptors (Lipinski definition) is 4. The van der Waals surface area contributed by atoms with E-state index >= 15 is 0 Å².